The molecule has 1 saturated carbocycles. The minimum Gasteiger partial charge on any atom is -0.329 e. The second kappa shape index (κ2) is 6.11. The summed E-state index contributed by atoms with van der Waals surface area (Å²) in [5.74, 6) is 1.67. The van der Waals surface area contributed by atoms with Gasteiger partial charge < -0.3 is 10.6 Å². The summed E-state index contributed by atoms with van der Waals surface area (Å²) in [6, 6.07) is 0.697. The topological polar surface area (TPSA) is 32.5 Å². The maximum Gasteiger partial charge on any atom is 0.0334 e. The van der Waals surface area contributed by atoms with E-state index in [2.05, 4.69) is 37.7 Å². The number of likely N-dealkylation sites (tertiary alicyclic amines) is 1. The molecule has 1 aliphatic heterocycles. The van der Waals surface area contributed by atoms with Crippen LogP contribution in [0.3, 0.4) is 0 Å². The first-order valence-corrected chi connectivity index (χ1v) is 8.10. The summed E-state index contributed by atoms with van der Waals surface area (Å²) in [6.07, 6.45) is 6.57. The van der Waals surface area contributed by atoms with Crippen molar-refractivity contribution in [1.82, 2.24) is 9.80 Å². The van der Waals surface area contributed by atoms with E-state index in [4.69, 9.17) is 5.73 Å². The fourth-order valence-corrected chi connectivity index (χ4v) is 4.18. The van der Waals surface area contributed by atoms with Crippen LogP contribution in [0.4, 0.5) is 0 Å². The highest BCUT2D eigenvalue weighted by Crippen LogP contribution is 2.40. The molecular formula is C16H33N3. The zero-order valence-electron chi connectivity index (χ0n) is 13.4. The van der Waals surface area contributed by atoms with Crippen molar-refractivity contribution >= 4 is 0 Å². The van der Waals surface area contributed by atoms with Crippen LogP contribution in [0.1, 0.15) is 46.0 Å². The maximum atomic E-state index is 6.23. The average molecular weight is 267 g/mol. The van der Waals surface area contributed by atoms with E-state index in [-0.39, 0.29) is 5.54 Å². The standard InChI is InChI=1S/C16H33N3/c1-13-7-8-16(12-17,10-14(13)2)19(4)15-6-5-9-18(3)11-15/h13-15H,5-12,17H2,1-4H3. The Morgan fingerprint density at radius 3 is 2.58 bits per heavy atom. The third-order valence-electron chi connectivity index (χ3n) is 6.01. The van der Waals surface area contributed by atoms with Crippen molar-refractivity contribution in [3.8, 4) is 0 Å². The monoisotopic (exact) mass is 267 g/mol. The van der Waals surface area contributed by atoms with E-state index in [1.807, 2.05) is 0 Å². The van der Waals surface area contributed by atoms with Crippen LogP contribution in [0.5, 0.6) is 0 Å². The van der Waals surface area contributed by atoms with Gasteiger partial charge in [-0.25, -0.2) is 0 Å². The van der Waals surface area contributed by atoms with Crippen molar-refractivity contribution in [2.75, 3.05) is 33.7 Å². The van der Waals surface area contributed by atoms with Crippen molar-refractivity contribution < 1.29 is 0 Å². The Balaban J connectivity index is 2.07. The lowest BCUT2D eigenvalue weighted by molar-refractivity contribution is -0.00956. The zero-order valence-corrected chi connectivity index (χ0v) is 13.4. The molecule has 3 heteroatoms. The highest BCUT2D eigenvalue weighted by molar-refractivity contribution is 4.99. The van der Waals surface area contributed by atoms with Crippen LogP contribution in [-0.4, -0.2) is 55.1 Å². The predicted octanol–water partition coefficient (Wildman–Crippen LogP) is 2.17. The van der Waals surface area contributed by atoms with Gasteiger partial charge in [-0.05, 0) is 64.6 Å². The smallest absolute Gasteiger partial charge is 0.0334 e. The van der Waals surface area contributed by atoms with Crippen LogP contribution in [0.2, 0.25) is 0 Å². The summed E-state index contributed by atoms with van der Waals surface area (Å²) in [4.78, 5) is 5.13. The van der Waals surface area contributed by atoms with Crippen LogP contribution < -0.4 is 5.73 Å². The highest BCUT2D eigenvalue weighted by Gasteiger charge is 2.42. The molecule has 1 heterocycles. The van der Waals surface area contributed by atoms with Gasteiger partial charge in [0.1, 0.15) is 0 Å². The van der Waals surface area contributed by atoms with Gasteiger partial charge in [-0.3, -0.25) is 4.90 Å². The Labute approximate surface area is 119 Å². The number of hydrogen-bond acceptors (Lipinski definition) is 3. The first kappa shape index (κ1) is 15.3. The lowest BCUT2D eigenvalue weighted by Gasteiger charge is -2.52. The van der Waals surface area contributed by atoms with Crippen molar-refractivity contribution in [3.05, 3.63) is 0 Å². The fraction of sp³-hybridized carbons (Fsp3) is 1.00. The van der Waals surface area contributed by atoms with Gasteiger partial charge >= 0.3 is 0 Å². The van der Waals surface area contributed by atoms with Crippen LogP contribution >= 0.6 is 0 Å². The molecule has 0 aromatic rings. The Bertz CT molecular complexity index is 294. The SMILES string of the molecule is CC1CCC(CN)(N(C)C2CCCN(C)C2)CC1C. The lowest BCUT2D eigenvalue weighted by atomic mass is 9.70. The number of nitrogens with two attached hydrogens (primary N) is 1. The first-order chi connectivity index (χ1) is 8.98. The molecule has 2 rings (SSSR count). The van der Waals surface area contributed by atoms with E-state index in [0.29, 0.717) is 6.04 Å². The average Bonchev–Trinajstić information content (AvgIpc) is 2.41. The molecule has 1 aliphatic carbocycles. The lowest BCUT2D eigenvalue weighted by Crippen LogP contribution is -2.61. The highest BCUT2D eigenvalue weighted by atomic mass is 15.3. The van der Waals surface area contributed by atoms with E-state index in [9.17, 15) is 0 Å². The summed E-state index contributed by atoms with van der Waals surface area (Å²) in [7, 11) is 4.58. The van der Waals surface area contributed by atoms with Gasteiger partial charge in [-0.1, -0.05) is 13.8 Å². The van der Waals surface area contributed by atoms with E-state index < -0.39 is 0 Å². The van der Waals surface area contributed by atoms with Crippen LogP contribution in [0, 0.1) is 11.8 Å². The van der Waals surface area contributed by atoms with Gasteiger partial charge in [0.05, 0.1) is 0 Å². The van der Waals surface area contributed by atoms with Crippen molar-refractivity contribution in [2.24, 2.45) is 17.6 Å². The molecule has 3 nitrogen and oxygen atoms in total. The third-order valence-corrected chi connectivity index (χ3v) is 6.01. The van der Waals surface area contributed by atoms with E-state index in [0.717, 1.165) is 18.4 Å². The summed E-state index contributed by atoms with van der Waals surface area (Å²) in [6.45, 7) is 8.10. The molecular weight excluding hydrogens is 234 g/mol. The Morgan fingerprint density at radius 2 is 2.00 bits per heavy atom. The molecule has 4 unspecified atom stereocenters. The second-order valence-corrected chi connectivity index (χ2v) is 7.30. The van der Waals surface area contributed by atoms with Gasteiger partial charge in [-0.15, -0.1) is 0 Å². The molecule has 0 radical (unpaired) electrons. The predicted molar refractivity (Wildman–Crippen MR) is 82.2 cm³/mol. The molecule has 0 aromatic heterocycles. The summed E-state index contributed by atoms with van der Waals surface area (Å²) >= 11 is 0. The second-order valence-electron chi connectivity index (χ2n) is 7.30. The Kier molecular flexibility index (Phi) is 4.91. The van der Waals surface area contributed by atoms with Gasteiger partial charge in [0.2, 0.25) is 0 Å². The number of likely N-dealkylation sites (N-methyl/N-ethyl adjacent to an activating group) is 2. The molecule has 2 fully saturated rings. The number of nitrogens with zero attached hydrogens (tertiary/aromatic N) is 2. The molecule has 0 spiro atoms. The quantitative estimate of drug-likeness (QED) is 0.850. The van der Waals surface area contributed by atoms with Crippen LogP contribution in [0.15, 0.2) is 0 Å². The molecule has 4 atom stereocenters. The van der Waals surface area contributed by atoms with Crippen molar-refractivity contribution in [3.63, 3.8) is 0 Å². The molecule has 1 saturated heterocycles. The number of rotatable bonds is 3. The van der Waals surface area contributed by atoms with E-state index in [1.54, 1.807) is 0 Å². The molecule has 2 N–H and O–H groups in total. The fourth-order valence-electron chi connectivity index (χ4n) is 4.18. The maximum absolute atomic E-state index is 6.23. The molecule has 0 aromatic carbocycles. The van der Waals surface area contributed by atoms with Crippen molar-refractivity contribution in [2.45, 2.75) is 57.5 Å². The van der Waals surface area contributed by atoms with Gasteiger partial charge in [0.25, 0.3) is 0 Å². The summed E-state index contributed by atoms with van der Waals surface area (Å²) < 4.78 is 0. The van der Waals surface area contributed by atoms with Gasteiger partial charge in [-0.2, -0.15) is 0 Å². The molecule has 112 valence electrons. The molecule has 2 aliphatic rings. The van der Waals surface area contributed by atoms with Crippen LogP contribution in [-0.2, 0) is 0 Å². The molecule has 0 amide bonds. The first-order valence-electron chi connectivity index (χ1n) is 8.10. The summed E-state index contributed by atoms with van der Waals surface area (Å²) in [5.41, 5.74) is 6.49. The molecule has 0 bridgehead atoms. The van der Waals surface area contributed by atoms with E-state index >= 15 is 0 Å². The minimum atomic E-state index is 0.259. The summed E-state index contributed by atoms with van der Waals surface area (Å²) in [5, 5.41) is 0. The van der Waals surface area contributed by atoms with Crippen LogP contribution in [0.25, 0.3) is 0 Å². The largest absolute Gasteiger partial charge is 0.329 e. The zero-order chi connectivity index (χ0) is 14.0. The van der Waals surface area contributed by atoms with E-state index in [1.165, 1.54) is 45.2 Å². The molecule has 19 heavy (non-hydrogen) atoms. The van der Waals surface area contributed by atoms with Gasteiger partial charge in [0.15, 0.2) is 0 Å². The normalized spacial score (nSPS) is 41.7. The Hall–Kier alpha value is -0.120. The van der Waals surface area contributed by atoms with Crippen molar-refractivity contribution in [1.29, 1.82) is 0 Å². The third kappa shape index (κ3) is 3.14. The number of hydrogen-bond donors (Lipinski definition) is 1. The van der Waals surface area contributed by atoms with Gasteiger partial charge in [0, 0.05) is 24.7 Å². The number of piperidine rings is 1. The Morgan fingerprint density at radius 1 is 1.26 bits per heavy atom. The minimum absolute atomic E-state index is 0.259.